The maximum absolute atomic E-state index is 14.5. The van der Waals surface area contributed by atoms with E-state index < -0.39 is 22.5 Å². The van der Waals surface area contributed by atoms with Gasteiger partial charge < -0.3 is 9.80 Å². The molecule has 0 aromatic heterocycles. The fraction of sp³-hybridized carbons (Fsp3) is 0.519. The van der Waals surface area contributed by atoms with E-state index in [9.17, 15) is 13.6 Å². The normalized spacial score (nSPS) is 27.1. The average molecular weight is 471 g/mol. The maximum Gasteiger partial charge on any atom is 0.229 e. The van der Waals surface area contributed by atoms with Gasteiger partial charge in [0.15, 0.2) is 0 Å². The second-order valence-corrected chi connectivity index (χ2v) is 10.4. The Morgan fingerprint density at radius 3 is 2.41 bits per heavy atom. The molecule has 34 heavy (non-hydrogen) atoms. The van der Waals surface area contributed by atoms with Gasteiger partial charge in [0.2, 0.25) is 5.91 Å². The molecule has 184 valence electrons. The van der Waals surface area contributed by atoms with Gasteiger partial charge in [0.05, 0.1) is 16.7 Å². The molecule has 5 nitrogen and oxygen atoms in total. The molecule has 2 fully saturated rings. The van der Waals surface area contributed by atoms with Gasteiger partial charge in [0.1, 0.15) is 11.6 Å². The summed E-state index contributed by atoms with van der Waals surface area (Å²) >= 11 is 0. The molecule has 3 rings (SSSR count). The number of nitrogens with zero attached hydrogens (tertiary/aromatic N) is 4. The zero-order valence-corrected chi connectivity index (χ0v) is 20.9. The lowest BCUT2D eigenvalue weighted by molar-refractivity contribution is -0.146. The molecule has 0 bridgehead atoms. The van der Waals surface area contributed by atoms with Gasteiger partial charge in [-0.1, -0.05) is 40.0 Å². The van der Waals surface area contributed by atoms with Crippen molar-refractivity contribution < 1.29 is 13.6 Å². The molecule has 1 saturated carbocycles. The Kier molecular flexibility index (Phi) is 7.56. The summed E-state index contributed by atoms with van der Waals surface area (Å²) in [6.45, 7) is 15.5. The Bertz CT molecular complexity index is 1010. The Labute approximate surface area is 201 Å². The number of hydrogen-bond donors (Lipinski definition) is 0. The van der Waals surface area contributed by atoms with Crippen LogP contribution in [0.1, 0.15) is 45.6 Å². The number of hydrogen-bond acceptors (Lipinski definition) is 4. The number of likely N-dealkylation sites (N-methyl/N-ethyl adjacent to an activating group) is 1. The number of allylic oxidation sites excluding steroid dienone is 2. The predicted molar refractivity (Wildman–Crippen MR) is 132 cm³/mol. The van der Waals surface area contributed by atoms with Crippen molar-refractivity contribution in [2.45, 2.75) is 46.1 Å². The standard InChI is InChI=1S/C27H36F2N4O/c1-8-30-31-23(24-21(28)10-9-11-22(24)29)16-18(2)20-12-14-27(5,26(20,3)4)25(34)33-15-13-19(17-33)32(6)7/h8-11,16,19-20H,1-2,12-15,17H2,3-7H3/b23-16-,31-30-/t19-,20?,27-/m1/s1. The maximum atomic E-state index is 14.5. The molecule has 1 heterocycles. The van der Waals surface area contributed by atoms with Gasteiger partial charge in [0, 0.05) is 25.3 Å². The van der Waals surface area contributed by atoms with Crippen molar-refractivity contribution in [1.82, 2.24) is 9.80 Å². The average Bonchev–Trinajstić information content (AvgIpc) is 3.35. The molecule has 0 radical (unpaired) electrons. The van der Waals surface area contributed by atoms with Gasteiger partial charge in [-0.15, -0.1) is 0 Å². The van der Waals surface area contributed by atoms with Gasteiger partial charge in [-0.3, -0.25) is 4.79 Å². The third-order valence-corrected chi connectivity index (χ3v) is 8.11. The van der Waals surface area contributed by atoms with Crippen LogP contribution in [0.15, 0.2) is 59.4 Å². The Balaban J connectivity index is 1.90. The number of halogens is 2. The summed E-state index contributed by atoms with van der Waals surface area (Å²) in [5, 5.41) is 7.76. The molecule has 1 aliphatic carbocycles. The summed E-state index contributed by atoms with van der Waals surface area (Å²) in [5.41, 5.74) is -0.514. The van der Waals surface area contributed by atoms with Crippen LogP contribution in [0.5, 0.6) is 0 Å². The summed E-state index contributed by atoms with van der Waals surface area (Å²) in [4.78, 5) is 17.9. The minimum absolute atomic E-state index is 0.0459. The molecule has 0 spiro atoms. The fourth-order valence-corrected chi connectivity index (χ4v) is 5.50. The van der Waals surface area contributed by atoms with E-state index in [0.29, 0.717) is 11.6 Å². The van der Waals surface area contributed by atoms with Crippen molar-refractivity contribution in [1.29, 1.82) is 0 Å². The van der Waals surface area contributed by atoms with Gasteiger partial charge in [0.25, 0.3) is 0 Å². The number of carbonyl (C=O) groups excluding carboxylic acids is 1. The molecule has 1 amide bonds. The van der Waals surface area contributed by atoms with E-state index >= 15 is 0 Å². The molecular formula is C27H36F2N4O. The second-order valence-electron chi connectivity index (χ2n) is 10.4. The van der Waals surface area contributed by atoms with Crippen LogP contribution in [0.3, 0.4) is 0 Å². The van der Waals surface area contributed by atoms with E-state index in [2.05, 4.69) is 42.1 Å². The highest BCUT2D eigenvalue weighted by Gasteiger charge is 2.57. The first kappa shape index (κ1) is 25.9. The summed E-state index contributed by atoms with van der Waals surface area (Å²) in [6.07, 6.45) is 5.24. The number of benzene rings is 1. The first-order valence-electron chi connectivity index (χ1n) is 11.8. The molecule has 1 unspecified atom stereocenters. The van der Waals surface area contributed by atoms with E-state index in [1.165, 1.54) is 24.4 Å². The van der Waals surface area contributed by atoms with Crippen molar-refractivity contribution in [3.05, 3.63) is 66.4 Å². The SMILES string of the molecule is C=C/N=N\C(=C/C(=C)C1CC[C@](C)(C(=O)N2CC[C@@H](N(C)C)C2)C1(C)C)c1c(F)cccc1F. The van der Waals surface area contributed by atoms with E-state index in [-0.39, 0.29) is 23.1 Å². The van der Waals surface area contributed by atoms with E-state index in [1.54, 1.807) is 6.08 Å². The van der Waals surface area contributed by atoms with Crippen LogP contribution in [-0.4, -0.2) is 48.9 Å². The highest BCUT2D eigenvalue weighted by atomic mass is 19.1. The molecule has 1 aliphatic heterocycles. The quantitative estimate of drug-likeness (QED) is 0.359. The number of carbonyl (C=O) groups is 1. The lowest BCUT2D eigenvalue weighted by Gasteiger charge is -2.43. The van der Waals surface area contributed by atoms with Gasteiger partial charge in [-0.25, -0.2) is 8.78 Å². The fourth-order valence-electron chi connectivity index (χ4n) is 5.50. The number of azo groups is 1. The lowest BCUT2D eigenvalue weighted by Crippen LogP contribution is -2.49. The molecular weight excluding hydrogens is 434 g/mol. The van der Waals surface area contributed by atoms with Crippen molar-refractivity contribution >= 4 is 11.6 Å². The zero-order chi connectivity index (χ0) is 25.3. The molecule has 2 aliphatic rings. The van der Waals surface area contributed by atoms with Crippen molar-refractivity contribution in [2.75, 3.05) is 27.2 Å². The Morgan fingerprint density at radius 1 is 1.21 bits per heavy atom. The Hall–Kier alpha value is -2.67. The second kappa shape index (κ2) is 9.90. The zero-order valence-electron chi connectivity index (χ0n) is 20.9. The molecule has 1 saturated heterocycles. The van der Waals surface area contributed by atoms with Crippen LogP contribution in [-0.2, 0) is 4.79 Å². The van der Waals surface area contributed by atoms with Gasteiger partial charge in [-0.2, -0.15) is 10.2 Å². The molecule has 0 N–H and O–H groups in total. The summed E-state index contributed by atoms with van der Waals surface area (Å²) in [7, 11) is 4.10. The molecule has 3 atom stereocenters. The lowest BCUT2D eigenvalue weighted by atomic mass is 9.63. The molecule has 7 heteroatoms. The van der Waals surface area contributed by atoms with E-state index in [0.717, 1.165) is 32.4 Å². The topological polar surface area (TPSA) is 48.3 Å². The third-order valence-electron chi connectivity index (χ3n) is 8.11. The van der Waals surface area contributed by atoms with Crippen molar-refractivity contribution in [3.63, 3.8) is 0 Å². The van der Waals surface area contributed by atoms with Crippen LogP contribution in [0.25, 0.3) is 5.70 Å². The summed E-state index contributed by atoms with van der Waals surface area (Å²) in [5.74, 6) is -1.33. The highest BCUT2D eigenvalue weighted by Crippen LogP contribution is 2.59. The first-order chi connectivity index (χ1) is 15.9. The van der Waals surface area contributed by atoms with Crippen LogP contribution in [0, 0.1) is 28.4 Å². The summed E-state index contributed by atoms with van der Waals surface area (Å²) < 4.78 is 29.0. The van der Waals surface area contributed by atoms with E-state index in [4.69, 9.17) is 0 Å². The minimum Gasteiger partial charge on any atom is -0.341 e. The summed E-state index contributed by atoms with van der Waals surface area (Å²) in [6, 6.07) is 4.05. The first-order valence-corrected chi connectivity index (χ1v) is 11.8. The smallest absolute Gasteiger partial charge is 0.229 e. The number of rotatable bonds is 7. The number of likely N-dealkylation sites (tertiary alicyclic amines) is 1. The van der Waals surface area contributed by atoms with Crippen LogP contribution in [0.2, 0.25) is 0 Å². The monoisotopic (exact) mass is 470 g/mol. The van der Waals surface area contributed by atoms with Crippen molar-refractivity contribution in [2.24, 2.45) is 27.0 Å². The van der Waals surface area contributed by atoms with E-state index in [1.807, 2.05) is 25.9 Å². The molecule has 1 aromatic carbocycles. The highest BCUT2D eigenvalue weighted by molar-refractivity contribution is 5.84. The van der Waals surface area contributed by atoms with Crippen LogP contribution in [0.4, 0.5) is 8.78 Å². The number of amides is 1. The largest absolute Gasteiger partial charge is 0.341 e. The van der Waals surface area contributed by atoms with Crippen LogP contribution < -0.4 is 0 Å². The Morgan fingerprint density at radius 2 is 1.85 bits per heavy atom. The molecule has 1 aromatic rings. The predicted octanol–water partition coefficient (Wildman–Crippen LogP) is 6.06. The van der Waals surface area contributed by atoms with Gasteiger partial charge in [-0.05, 0) is 68.5 Å². The van der Waals surface area contributed by atoms with Crippen molar-refractivity contribution in [3.8, 4) is 0 Å². The van der Waals surface area contributed by atoms with Gasteiger partial charge >= 0.3 is 0 Å². The third kappa shape index (κ3) is 4.63. The van der Waals surface area contributed by atoms with Crippen LogP contribution >= 0.6 is 0 Å². The minimum atomic E-state index is -0.725.